The molecule has 0 spiro atoms. The number of aliphatic hydroxyl groups is 1. The number of hydrogen-bond acceptors (Lipinski definition) is 4. The molecule has 0 saturated carbocycles. The van der Waals surface area contributed by atoms with Gasteiger partial charge in [0.05, 0.1) is 12.0 Å². The first-order chi connectivity index (χ1) is 7.13. The van der Waals surface area contributed by atoms with Gasteiger partial charge >= 0.3 is 7.12 Å². The van der Waals surface area contributed by atoms with E-state index in [-0.39, 0.29) is 5.88 Å². The fourth-order valence-electron chi connectivity index (χ4n) is 1.06. The quantitative estimate of drug-likeness (QED) is 0.401. The van der Waals surface area contributed by atoms with Crippen LogP contribution in [-0.4, -0.2) is 40.8 Å². The minimum Gasteiger partial charge on any atom is -0.423 e. The molecule has 6 heteroatoms. The second kappa shape index (κ2) is 5.97. The van der Waals surface area contributed by atoms with Crippen molar-refractivity contribution in [2.45, 2.75) is 6.10 Å². The molecule has 0 amide bonds. The van der Waals surface area contributed by atoms with Gasteiger partial charge in [-0.05, 0) is 17.6 Å². The van der Waals surface area contributed by atoms with Crippen LogP contribution in [0.2, 0.25) is 0 Å². The maximum atomic E-state index is 9.19. The number of rotatable bonds is 5. The van der Waals surface area contributed by atoms with Gasteiger partial charge in [-0.1, -0.05) is 12.1 Å². The van der Waals surface area contributed by atoms with Gasteiger partial charge in [0.2, 0.25) is 0 Å². The fourth-order valence-corrected chi connectivity index (χ4v) is 1.17. The van der Waals surface area contributed by atoms with Crippen molar-refractivity contribution in [3.63, 3.8) is 0 Å². The Hall–Kier alpha value is -0.745. The van der Waals surface area contributed by atoms with E-state index < -0.39 is 13.2 Å². The van der Waals surface area contributed by atoms with Gasteiger partial charge in [0.25, 0.3) is 0 Å². The third-order valence-corrected chi connectivity index (χ3v) is 2.28. The molecule has 0 aromatic heterocycles. The maximum Gasteiger partial charge on any atom is 0.488 e. The Bertz CT molecular complexity index is 294. The predicted molar refractivity (Wildman–Crippen MR) is 61.5 cm³/mol. The number of nitrogens with one attached hydrogen (secondary N) is 1. The molecular weight excluding hydrogens is 216 g/mol. The van der Waals surface area contributed by atoms with Crippen LogP contribution in [0.5, 0.6) is 0 Å². The summed E-state index contributed by atoms with van der Waals surface area (Å²) < 4.78 is 0. The van der Waals surface area contributed by atoms with E-state index in [1.165, 1.54) is 0 Å². The van der Waals surface area contributed by atoms with Gasteiger partial charge in [-0.3, -0.25) is 0 Å². The summed E-state index contributed by atoms with van der Waals surface area (Å²) in [5, 5.41) is 29.8. The van der Waals surface area contributed by atoms with Crippen molar-refractivity contribution in [2.75, 3.05) is 17.7 Å². The zero-order valence-corrected chi connectivity index (χ0v) is 8.85. The van der Waals surface area contributed by atoms with E-state index in [4.69, 9.17) is 21.6 Å². The van der Waals surface area contributed by atoms with Crippen LogP contribution in [0.3, 0.4) is 0 Å². The van der Waals surface area contributed by atoms with Crippen LogP contribution >= 0.6 is 11.6 Å². The largest absolute Gasteiger partial charge is 0.488 e. The molecule has 0 fully saturated rings. The molecule has 1 rings (SSSR count). The van der Waals surface area contributed by atoms with E-state index in [2.05, 4.69) is 5.32 Å². The fraction of sp³-hybridized carbons (Fsp3) is 0.333. The first-order valence-corrected chi connectivity index (χ1v) is 5.11. The zero-order valence-electron chi connectivity index (χ0n) is 8.10. The van der Waals surface area contributed by atoms with E-state index in [0.717, 1.165) is 5.69 Å². The Balaban J connectivity index is 2.50. The van der Waals surface area contributed by atoms with Crippen LogP contribution in [0.25, 0.3) is 0 Å². The Kier molecular flexibility index (Phi) is 4.91. The molecule has 4 N–H and O–H groups in total. The van der Waals surface area contributed by atoms with Crippen LogP contribution in [-0.2, 0) is 0 Å². The van der Waals surface area contributed by atoms with Crippen molar-refractivity contribution < 1.29 is 15.2 Å². The molecule has 0 heterocycles. The topological polar surface area (TPSA) is 72.7 Å². The summed E-state index contributed by atoms with van der Waals surface area (Å²) in [6.45, 7) is 0.366. The average Bonchev–Trinajstić information content (AvgIpc) is 2.26. The molecule has 0 saturated heterocycles. The molecule has 1 unspecified atom stereocenters. The van der Waals surface area contributed by atoms with E-state index in [1.54, 1.807) is 24.3 Å². The second-order valence-electron chi connectivity index (χ2n) is 3.18. The molecule has 0 aliphatic heterocycles. The van der Waals surface area contributed by atoms with Crippen molar-refractivity contribution in [2.24, 2.45) is 0 Å². The minimum atomic E-state index is -1.45. The van der Waals surface area contributed by atoms with Crippen LogP contribution in [0, 0.1) is 0 Å². The molecule has 0 aliphatic rings. The number of hydrogen-bond donors (Lipinski definition) is 4. The lowest BCUT2D eigenvalue weighted by Crippen LogP contribution is -2.29. The summed E-state index contributed by atoms with van der Waals surface area (Å²) in [6.07, 6.45) is -0.588. The standard InChI is InChI=1S/C9H13BClNO3/c11-5-9(13)6-12-8-3-1-7(2-4-8)10(14)15/h1-4,9,12-15H,5-6H2. The maximum absolute atomic E-state index is 9.19. The van der Waals surface area contributed by atoms with Gasteiger partial charge in [-0.25, -0.2) is 0 Å². The first kappa shape index (κ1) is 12.3. The molecule has 82 valence electrons. The van der Waals surface area contributed by atoms with Gasteiger partial charge in [0, 0.05) is 12.2 Å². The highest BCUT2D eigenvalue weighted by atomic mass is 35.5. The third-order valence-electron chi connectivity index (χ3n) is 1.93. The van der Waals surface area contributed by atoms with Gasteiger partial charge in [-0.2, -0.15) is 0 Å². The molecule has 4 nitrogen and oxygen atoms in total. The molecule has 0 aliphatic carbocycles. The second-order valence-corrected chi connectivity index (χ2v) is 3.49. The lowest BCUT2D eigenvalue weighted by Gasteiger charge is -2.10. The molecule has 0 radical (unpaired) electrons. The summed E-state index contributed by atoms with van der Waals surface area (Å²) in [4.78, 5) is 0. The smallest absolute Gasteiger partial charge is 0.423 e. The summed E-state index contributed by atoms with van der Waals surface area (Å²) in [5.41, 5.74) is 1.22. The Labute approximate surface area is 93.7 Å². The summed E-state index contributed by atoms with van der Waals surface area (Å²) >= 11 is 5.43. The van der Waals surface area contributed by atoms with Gasteiger partial charge in [0.1, 0.15) is 0 Å². The van der Waals surface area contributed by atoms with Gasteiger partial charge in [-0.15, -0.1) is 11.6 Å². The van der Waals surface area contributed by atoms with Crippen LogP contribution in [0.1, 0.15) is 0 Å². The normalized spacial score (nSPS) is 12.3. The lowest BCUT2D eigenvalue weighted by atomic mass is 9.80. The highest BCUT2D eigenvalue weighted by molar-refractivity contribution is 6.58. The number of anilines is 1. The number of benzene rings is 1. The van der Waals surface area contributed by atoms with E-state index in [0.29, 0.717) is 12.0 Å². The van der Waals surface area contributed by atoms with Crippen LogP contribution in [0.15, 0.2) is 24.3 Å². The molecule has 1 aromatic carbocycles. The van der Waals surface area contributed by atoms with E-state index in [1.807, 2.05) is 0 Å². The highest BCUT2D eigenvalue weighted by Gasteiger charge is 2.09. The minimum absolute atomic E-state index is 0.181. The highest BCUT2D eigenvalue weighted by Crippen LogP contribution is 2.04. The van der Waals surface area contributed by atoms with Crippen molar-refractivity contribution in [1.29, 1.82) is 0 Å². The molecule has 15 heavy (non-hydrogen) atoms. The summed E-state index contributed by atoms with van der Waals surface area (Å²) in [5.74, 6) is 0.181. The monoisotopic (exact) mass is 229 g/mol. The Morgan fingerprint density at radius 2 is 1.87 bits per heavy atom. The number of aliphatic hydroxyl groups excluding tert-OH is 1. The molecule has 1 atom stereocenters. The van der Waals surface area contributed by atoms with E-state index >= 15 is 0 Å². The predicted octanol–water partition coefficient (Wildman–Crippen LogP) is -0.622. The third kappa shape index (κ3) is 4.09. The van der Waals surface area contributed by atoms with Crippen molar-refractivity contribution in [3.8, 4) is 0 Å². The SMILES string of the molecule is OB(O)c1ccc(NCC(O)CCl)cc1. The van der Waals surface area contributed by atoms with Crippen molar-refractivity contribution in [3.05, 3.63) is 24.3 Å². The van der Waals surface area contributed by atoms with Gasteiger partial charge < -0.3 is 20.5 Å². The van der Waals surface area contributed by atoms with Crippen molar-refractivity contribution >= 4 is 29.9 Å². The molecular formula is C9H13BClNO3. The first-order valence-electron chi connectivity index (χ1n) is 4.57. The average molecular weight is 229 g/mol. The number of halogens is 1. The lowest BCUT2D eigenvalue weighted by molar-refractivity contribution is 0.211. The van der Waals surface area contributed by atoms with E-state index in [9.17, 15) is 5.11 Å². The molecule has 1 aromatic rings. The van der Waals surface area contributed by atoms with Crippen molar-refractivity contribution in [1.82, 2.24) is 0 Å². The summed E-state index contributed by atoms with van der Waals surface area (Å²) in [7, 11) is -1.45. The van der Waals surface area contributed by atoms with Crippen LogP contribution in [0.4, 0.5) is 5.69 Å². The molecule has 0 bridgehead atoms. The summed E-state index contributed by atoms with van der Waals surface area (Å²) in [6, 6.07) is 6.60. The number of alkyl halides is 1. The van der Waals surface area contributed by atoms with Gasteiger partial charge in [0.15, 0.2) is 0 Å². The Morgan fingerprint density at radius 3 is 2.33 bits per heavy atom. The van der Waals surface area contributed by atoms with Crippen LogP contribution < -0.4 is 10.8 Å². The zero-order chi connectivity index (χ0) is 11.3. The Morgan fingerprint density at radius 1 is 1.27 bits per heavy atom.